The van der Waals surface area contributed by atoms with Crippen molar-refractivity contribution in [3.05, 3.63) is 52.2 Å². The van der Waals surface area contributed by atoms with Gasteiger partial charge in [-0.25, -0.2) is 0 Å². The minimum absolute atomic E-state index is 0.0539. The maximum atomic E-state index is 12.1. The smallest absolute Gasteiger partial charge is 0.252 e. The topological polar surface area (TPSA) is 58.6 Å². The fourth-order valence-corrected chi connectivity index (χ4v) is 2.90. The van der Waals surface area contributed by atoms with E-state index in [2.05, 4.69) is 5.32 Å². The molecule has 134 valence electrons. The molecular formula is C19H24N2O3S. The second-order valence-electron chi connectivity index (χ2n) is 5.80. The van der Waals surface area contributed by atoms with E-state index in [1.165, 1.54) is 11.3 Å². The van der Waals surface area contributed by atoms with Gasteiger partial charge in [0.25, 0.3) is 5.91 Å². The monoisotopic (exact) mass is 360 g/mol. The van der Waals surface area contributed by atoms with E-state index in [-0.39, 0.29) is 11.8 Å². The normalized spacial score (nSPS) is 10.3. The molecule has 25 heavy (non-hydrogen) atoms. The van der Waals surface area contributed by atoms with Crippen molar-refractivity contribution in [2.45, 2.75) is 19.8 Å². The second kappa shape index (κ2) is 9.84. The zero-order valence-electron chi connectivity index (χ0n) is 14.7. The molecule has 2 aromatic rings. The number of likely N-dealkylation sites (N-methyl/N-ethyl adjacent to an activating group) is 1. The van der Waals surface area contributed by atoms with E-state index in [0.29, 0.717) is 38.1 Å². The molecule has 1 heterocycles. The van der Waals surface area contributed by atoms with Gasteiger partial charge >= 0.3 is 0 Å². The van der Waals surface area contributed by atoms with Crippen molar-refractivity contribution >= 4 is 23.2 Å². The van der Waals surface area contributed by atoms with Crippen LogP contribution in [0.4, 0.5) is 0 Å². The molecule has 1 aromatic heterocycles. The highest BCUT2D eigenvalue weighted by molar-refractivity contribution is 7.08. The largest absolute Gasteiger partial charge is 0.491 e. The van der Waals surface area contributed by atoms with Crippen molar-refractivity contribution in [3.8, 4) is 5.75 Å². The summed E-state index contributed by atoms with van der Waals surface area (Å²) >= 11 is 1.49. The van der Waals surface area contributed by atoms with Crippen LogP contribution in [0.3, 0.4) is 0 Å². The van der Waals surface area contributed by atoms with Crippen LogP contribution in [0.25, 0.3) is 0 Å². The van der Waals surface area contributed by atoms with Gasteiger partial charge < -0.3 is 15.0 Å². The first-order chi connectivity index (χ1) is 12.1. The summed E-state index contributed by atoms with van der Waals surface area (Å²) in [5.41, 5.74) is 1.75. The predicted molar refractivity (Wildman–Crippen MR) is 100 cm³/mol. The number of nitrogens with zero attached hydrogens (tertiary/aromatic N) is 1. The fourth-order valence-electron chi connectivity index (χ4n) is 2.26. The Morgan fingerprint density at radius 1 is 1.24 bits per heavy atom. The van der Waals surface area contributed by atoms with Crippen molar-refractivity contribution in [3.63, 3.8) is 0 Å². The Kier molecular flexibility index (Phi) is 7.47. The number of carbonyl (C=O) groups is 2. The van der Waals surface area contributed by atoms with E-state index < -0.39 is 0 Å². The maximum Gasteiger partial charge on any atom is 0.252 e. The fraction of sp³-hybridized carbons (Fsp3) is 0.368. The molecule has 0 saturated heterocycles. The summed E-state index contributed by atoms with van der Waals surface area (Å²) in [6, 6.07) is 9.60. The molecule has 0 radical (unpaired) electrons. The van der Waals surface area contributed by atoms with Crippen LogP contribution < -0.4 is 10.1 Å². The van der Waals surface area contributed by atoms with Crippen LogP contribution in [-0.4, -0.2) is 43.5 Å². The summed E-state index contributed by atoms with van der Waals surface area (Å²) in [5.74, 6) is 0.811. The summed E-state index contributed by atoms with van der Waals surface area (Å²) in [6.07, 6.45) is 1.03. The van der Waals surface area contributed by atoms with E-state index in [1.54, 1.807) is 18.0 Å². The summed E-state index contributed by atoms with van der Waals surface area (Å²) in [4.78, 5) is 25.5. The summed E-state index contributed by atoms with van der Waals surface area (Å²) < 4.78 is 5.71. The van der Waals surface area contributed by atoms with Crippen LogP contribution in [0, 0.1) is 6.92 Å². The Bertz CT molecular complexity index is 686. The number of ether oxygens (including phenoxy) is 1. The lowest BCUT2D eigenvalue weighted by Gasteiger charge is -2.18. The number of hydrogen-bond acceptors (Lipinski definition) is 4. The molecule has 0 unspecified atom stereocenters. The Balaban J connectivity index is 1.60. The molecule has 0 saturated carbocycles. The van der Waals surface area contributed by atoms with Crippen molar-refractivity contribution in [1.29, 1.82) is 0 Å². The first kappa shape index (κ1) is 19.0. The quantitative estimate of drug-likeness (QED) is 0.699. The van der Waals surface area contributed by atoms with Crippen LogP contribution in [0.15, 0.2) is 41.1 Å². The van der Waals surface area contributed by atoms with Gasteiger partial charge in [0.1, 0.15) is 12.4 Å². The highest BCUT2D eigenvalue weighted by Crippen LogP contribution is 2.15. The van der Waals surface area contributed by atoms with Gasteiger partial charge in [-0.1, -0.05) is 18.2 Å². The van der Waals surface area contributed by atoms with Crippen molar-refractivity contribution < 1.29 is 14.3 Å². The molecule has 0 spiro atoms. The van der Waals surface area contributed by atoms with E-state index >= 15 is 0 Å². The predicted octanol–water partition coefficient (Wildman–Crippen LogP) is 3.10. The first-order valence-corrected chi connectivity index (χ1v) is 9.25. The van der Waals surface area contributed by atoms with Gasteiger partial charge in [-0.05, 0) is 36.4 Å². The van der Waals surface area contributed by atoms with Gasteiger partial charge in [0.05, 0.1) is 6.54 Å². The molecular weight excluding hydrogens is 336 g/mol. The molecule has 0 bridgehead atoms. The Morgan fingerprint density at radius 3 is 2.76 bits per heavy atom. The van der Waals surface area contributed by atoms with Crippen molar-refractivity contribution in [1.82, 2.24) is 10.2 Å². The Morgan fingerprint density at radius 2 is 2.04 bits per heavy atom. The average Bonchev–Trinajstić information content (AvgIpc) is 3.14. The minimum atomic E-state index is -0.0892. The van der Waals surface area contributed by atoms with Gasteiger partial charge in [-0.2, -0.15) is 11.3 Å². The molecule has 5 nitrogen and oxygen atoms in total. The lowest BCUT2D eigenvalue weighted by Crippen LogP contribution is -2.32. The Labute approximate surface area is 152 Å². The zero-order chi connectivity index (χ0) is 18.1. The molecule has 6 heteroatoms. The van der Waals surface area contributed by atoms with Crippen LogP contribution in [-0.2, 0) is 4.79 Å². The summed E-state index contributed by atoms with van der Waals surface area (Å²) in [7, 11) is 1.77. The van der Waals surface area contributed by atoms with E-state index in [4.69, 9.17) is 4.74 Å². The molecule has 1 aromatic carbocycles. The molecule has 0 aliphatic rings. The number of rotatable bonds is 9. The highest BCUT2D eigenvalue weighted by atomic mass is 32.1. The number of hydrogen-bond donors (Lipinski definition) is 1. The molecule has 0 aliphatic carbocycles. The Hall–Kier alpha value is -2.34. The van der Waals surface area contributed by atoms with Crippen LogP contribution in [0.2, 0.25) is 0 Å². The standard InChI is InChI=1S/C19H24N2O3S/c1-15-6-3-4-7-17(15)24-12-11-21(2)18(22)8-5-10-20-19(23)16-9-13-25-14-16/h3-4,6-7,9,13-14H,5,8,10-12H2,1-2H3,(H,20,23). The SMILES string of the molecule is Cc1ccccc1OCCN(C)C(=O)CCCNC(=O)c1ccsc1. The third-order valence-corrected chi connectivity index (χ3v) is 4.52. The molecule has 2 rings (SSSR count). The van der Waals surface area contributed by atoms with Gasteiger partial charge in [0, 0.05) is 31.0 Å². The van der Waals surface area contributed by atoms with Gasteiger partial charge in [-0.15, -0.1) is 0 Å². The molecule has 2 amide bonds. The number of aryl methyl sites for hydroxylation is 1. The lowest BCUT2D eigenvalue weighted by molar-refractivity contribution is -0.130. The number of amides is 2. The maximum absolute atomic E-state index is 12.1. The number of carbonyl (C=O) groups excluding carboxylic acids is 2. The minimum Gasteiger partial charge on any atom is -0.491 e. The summed E-state index contributed by atoms with van der Waals surface area (Å²) in [5, 5.41) is 6.50. The number of para-hydroxylation sites is 1. The molecule has 0 fully saturated rings. The third-order valence-electron chi connectivity index (χ3n) is 3.84. The molecule has 0 aliphatic heterocycles. The third kappa shape index (κ3) is 6.23. The number of thiophene rings is 1. The summed E-state index contributed by atoms with van der Waals surface area (Å²) in [6.45, 7) is 3.49. The van der Waals surface area contributed by atoms with E-state index in [0.717, 1.165) is 11.3 Å². The lowest BCUT2D eigenvalue weighted by atomic mass is 10.2. The number of benzene rings is 1. The average molecular weight is 360 g/mol. The van der Waals surface area contributed by atoms with Crippen LogP contribution in [0.1, 0.15) is 28.8 Å². The van der Waals surface area contributed by atoms with E-state index in [9.17, 15) is 9.59 Å². The first-order valence-electron chi connectivity index (χ1n) is 8.30. The van der Waals surface area contributed by atoms with Gasteiger partial charge in [0.2, 0.25) is 5.91 Å². The van der Waals surface area contributed by atoms with Crippen LogP contribution >= 0.6 is 11.3 Å². The molecule has 0 atom stereocenters. The zero-order valence-corrected chi connectivity index (χ0v) is 15.5. The van der Waals surface area contributed by atoms with E-state index in [1.807, 2.05) is 41.9 Å². The second-order valence-corrected chi connectivity index (χ2v) is 6.58. The van der Waals surface area contributed by atoms with Crippen LogP contribution in [0.5, 0.6) is 5.75 Å². The van der Waals surface area contributed by atoms with Crippen molar-refractivity contribution in [2.24, 2.45) is 0 Å². The van der Waals surface area contributed by atoms with Crippen molar-refractivity contribution in [2.75, 3.05) is 26.7 Å². The van der Waals surface area contributed by atoms with Gasteiger partial charge in [0.15, 0.2) is 0 Å². The van der Waals surface area contributed by atoms with Gasteiger partial charge in [-0.3, -0.25) is 9.59 Å². The molecule has 1 N–H and O–H groups in total. The highest BCUT2D eigenvalue weighted by Gasteiger charge is 2.10. The number of nitrogens with one attached hydrogen (secondary N) is 1.